The van der Waals surface area contributed by atoms with E-state index < -0.39 is 0 Å². The van der Waals surface area contributed by atoms with Gasteiger partial charge in [-0.15, -0.1) is 0 Å². The zero-order chi connectivity index (χ0) is 14.5. The van der Waals surface area contributed by atoms with E-state index in [1.807, 2.05) is 0 Å². The van der Waals surface area contributed by atoms with Gasteiger partial charge in [0.05, 0.1) is 7.11 Å². The van der Waals surface area contributed by atoms with Crippen molar-refractivity contribution in [1.82, 2.24) is 10.6 Å². The highest BCUT2D eigenvalue weighted by atomic mass is 16.5. The van der Waals surface area contributed by atoms with Gasteiger partial charge in [-0.3, -0.25) is 0 Å². The van der Waals surface area contributed by atoms with E-state index in [4.69, 9.17) is 4.74 Å². The van der Waals surface area contributed by atoms with Crippen molar-refractivity contribution >= 4 is 0 Å². The Hall–Kier alpha value is -1.06. The van der Waals surface area contributed by atoms with E-state index in [0.717, 1.165) is 18.8 Å². The van der Waals surface area contributed by atoms with Crippen molar-refractivity contribution < 1.29 is 4.74 Å². The Labute approximate surface area is 117 Å². The fourth-order valence-electron chi connectivity index (χ4n) is 1.80. The first-order chi connectivity index (χ1) is 8.81. The lowest BCUT2D eigenvalue weighted by atomic mass is 10.1. The van der Waals surface area contributed by atoms with Crippen molar-refractivity contribution in [2.45, 2.75) is 52.7 Å². The molecule has 108 valence electrons. The van der Waals surface area contributed by atoms with Crippen LogP contribution in [0, 0.1) is 6.92 Å². The third-order valence-electron chi connectivity index (χ3n) is 3.07. The van der Waals surface area contributed by atoms with Crippen LogP contribution in [-0.2, 0) is 6.54 Å². The Morgan fingerprint density at radius 1 is 1.26 bits per heavy atom. The number of hydrogen-bond acceptors (Lipinski definition) is 3. The summed E-state index contributed by atoms with van der Waals surface area (Å²) in [5, 5.41) is 7.03. The van der Waals surface area contributed by atoms with Crippen molar-refractivity contribution in [2.24, 2.45) is 0 Å². The highest BCUT2D eigenvalue weighted by Crippen LogP contribution is 2.18. The van der Waals surface area contributed by atoms with Gasteiger partial charge in [0.15, 0.2) is 0 Å². The van der Waals surface area contributed by atoms with Crippen LogP contribution in [0.25, 0.3) is 0 Å². The van der Waals surface area contributed by atoms with E-state index >= 15 is 0 Å². The van der Waals surface area contributed by atoms with Crippen LogP contribution in [0.5, 0.6) is 5.75 Å². The standard InChI is InChI=1S/C16H28N2O/c1-12-7-8-14(9-15(12)19-6)11-17-13(2)10-18-16(3,4)5/h7-9,13,17-18H,10-11H2,1-6H3. The van der Waals surface area contributed by atoms with E-state index in [9.17, 15) is 0 Å². The largest absolute Gasteiger partial charge is 0.496 e. The molecule has 1 unspecified atom stereocenters. The van der Waals surface area contributed by atoms with Gasteiger partial charge in [-0.1, -0.05) is 12.1 Å². The average molecular weight is 264 g/mol. The van der Waals surface area contributed by atoms with Crippen LogP contribution in [0.2, 0.25) is 0 Å². The molecule has 1 aromatic rings. The Balaban J connectivity index is 2.44. The maximum Gasteiger partial charge on any atom is 0.122 e. The van der Waals surface area contributed by atoms with E-state index in [0.29, 0.717) is 6.04 Å². The summed E-state index contributed by atoms with van der Waals surface area (Å²) in [6.45, 7) is 12.6. The second kappa shape index (κ2) is 6.92. The lowest BCUT2D eigenvalue weighted by Gasteiger charge is -2.24. The van der Waals surface area contributed by atoms with Crippen LogP contribution >= 0.6 is 0 Å². The predicted octanol–water partition coefficient (Wildman–Crippen LogP) is 2.87. The zero-order valence-corrected chi connectivity index (χ0v) is 13.1. The molecule has 3 nitrogen and oxygen atoms in total. The minimum Gasteiger partial charge on any atom is -0.496 e. The molecule has 1 rings (SSSR count). The van der Waals surface area contributed by atoms with E-state index in [1.54, 1.807) is 7.11 Å². The highest BCUT2D eigenvalue weighted by Gasteiger charge is 2.10. The molecule has 0 amide bonds. The second-order valence-corrected chi connectivity index (χ2v) is 6.22. The van der Waals surface area contributed by atoms with Gasteiger partial charge >= 0.3 is 0 Å². The van der Waals surface area contributed by atoms with E-state index in [2.05, 4.69) is 63.5 Å². The first kappa shape index (κ1) is 16.0. The Morgan fingerprint density at radius 2 is 1.95 bits per heavy atom. The summed E-state index contributed by atoms with van der Waals surface area (Å²) in [4.78, 5) is 0. The molecule has 1 aromatic carbocycles. The lowest BCUT2D eigenvalue weighted by Crippen LogP contribution is -2.44. The number of benzene rings is 1. The average Bonchev–Trinajstić information content (AvgIpc) is 2.34. The maximum absolute atomic E-state index is 5.34. The minimum atomic E-state index is 0.170. The summed E-state index contributed by atoms with van der Waals surface area (Å²) < 4.78 is 5.34. The molecule has 0 spiro atoms. The van der Waals surface area contributed by atoms with Gasteiger partial charge in [-0.05, 0) is 51.8 Å². The van der Waals surface area contributed by atoms with Gasteiger partial charge in [-0.2, -0.15) is 0 Å². The number of methoxy groups -OCH3 is 1. The third-order valence-corrected chi connectivity index (χ3v) is 3.07. The van der Waals surface area contributed by atoms with Crippen LogP contribution in [0.15, 0.2) is 18.2 Å². The summed E-state index contributed by atoms with van der Waals surface area (Å²) in [5.41, 5.74) is 2.60. The Bertz CT molecular complexity index is 396. The summed E-state index contributed by atoms with van der Waals surface area (Å²) in [6, 6.07) is 6.79. The van der Waals surface area contributed by atoms with Gasteiger partial charge in [0.25, 0.3) is 0 Å². The summed E-state index contributed by atoms with van der Waals surface area (Å²) in [5.74, 6) is 0.958. The topological polar surface area (TPSA) is 33.3 Å². The molecule has 1 atom stereocenters. The monoisotopic (exact) mass is 264 g/mol. The van der Waals surface area contributed by atoms with Crippen molar-refractivity contribution in [3.8, 4) is 5.75 Å². The number of nitrogens with one attached hydrogen (secondary N) is 2. The van der Waals surface area contributed by atoms with Crippen LogP contribution in [0.3, 0.4) is 0 Å². The minimum absolute atomic E-state index is 0.170. The fourth-order valence-corrected chi connectivity index (χ4v) is 1.80. The van der Waals surface area contributed by atoms with Gasteiger partial charge in [0.1, 0.15) is 5.75 Å². The maximum atomic E-state index is 5.34. The highest BCUT2D eigenvalue weighted by molar-refractivity contribution is 5.36. The fraction of sp³-hybridized carbons (Fsp3) is 0.625. The number of aryl methyl sites for hydroxylation is 1. The molecule has 0 aromatic heterocycles. The van der Waals surface area contributed by atoms with Gasteiger partial charge in [0.2, 0.25) is 0 Å². The molecule has 0 saturated carbocycles. The Morgan fingerprint density at radius 3 is 2.53 bits per heavy atom. The van der Waals surface area contributed by atoms with E-state index in [1.165, 1.54) is 11.1 Å². The van der Waals surface area contributed by atoms with Crippen LogP contribution in [0.4, 0.5) is 0 Å². The molecule has 0 aliphatic heterocycles. The lowest BCUT2D eigenvalue weighted by molar-refractivity contribution is 0.386. The molecule has 0 fully saturated rings. The molecule has 0 bridgehead atoms. The molecular formula is C16H28N2O. The SMILES string of the molecule is COc1cc(CNC(C)CNC(C)(C)C)ccc1C. The number of hydrogen-bond donors (Lipinski definition) is 2. The summed E-state index contributed by atoms with van der Waals surface area (Å²) in [6.07, 6.45) is 0. The second-order valence-electron chi connectivity index (χ2n) is 6.22. The van der Waals surface area contributed by atoms with Crippen molar-refractivity contribution in [3.05, 3.63) is 29.3 Å². The molecular weight excluding hydrogens is 236 g/mol. The molecule has 0 saturated heterocycles. The normalized spacial score (nSPS) is 13.4. The molecule has 0 aliphatic carbocycles. The quantitative estimate of drug-likeness (QED) is 0.829. The van der Waals surface area contributed by atoms with Crippen molar-refractivity contribution in [2.75, 3.05) is 13.7 Å². The van der Waals surface area contributed by atoms with Crippen molar-refractivity contribution in [1.29, 1.82) is 0 Å². The summed E-state index contributed by atoms with van der Waals surface area (Å²) >= 11 is 0. The first-order valence-electron chi connectivity index (χ1n) is 6.94. The molecule has 0 aliphatic rings. The predicted molar refractivity (Wildman–Crippen MR) is 81.8 cm³/mol. The van der Waals surface area contributed by atoms with Crippen molar-refractivity contribution in [3.63, 3.8) is 0 Å². The summed E-state index contributed by atoms with van der Waals surface area (Å²) in [7, 11) is 1.72. The van der Waals surface area contributed by atoms with Crippen LogP contribution < -0.4 is 15.4 Å². The molecule has 0 heterocycles. The van der Waals surface area contributed by atoms with Gasteiger partial charge in [-0.25, -0.2) is 0 Å². The van der Waals surface area contributed by atoms with Gasteiger partial charge in [0, 0.05) is 24.7 Å². The molecule has 3 heteroatoms. The first-order valence-corrected chi connectivity index (χ1v) is 6.94. The smallest absolute Gasteiger partial charge is 0.122 e. The van der Waals surface area contributed by atoms with Crippen LogP contribution in [0.1, 0.15) is 38.8 Å². The molecule has 19 heavy (non-hydrogen) atoms. The third kappa shape index (κ3) is 6.08. The zero-order valence-electron chi connectivity index (χ0n) is 13.1. The molecule has 0 radical (unpaired) electrons. The van der Waals surface area contributed by atoms with E-state index in [-0.39, 0.29) is 5.54 Å². The van der Waals surface area contributed by atoms with Crippen LogP contribution in [-0.4, -0.2) is 25.2 Å². The Kier molecular flexibility index (Phi) is 5.83. The van der Waals surface area contributed by atoms with Gasteiger partial charge < -0.3 is 15.4 Å². The number of rotatable bonds is 6. The molecule has 2 N–H and O–H groups in total. The number of ether oxygens (including phenoxy) is 1.